The minimum absolute atomic E-state index is 0.624. The van der Waals surface area contributed by atoms with Crippen molar-refractivity contribution in [3.8, 4) is 0 Å². The average molecular weight is 397 g/mol. The van der Waals surface area contributed by atoms with E-state index in [1.54, 1.807) is 0 Å². The van der Waals surface area contributed by atoms with Crippen molar-refractivity contribution >= 4 is 23.0 Å². The molecule has 0 unspecified atom stereocenters. The van der Waals surface area contributed by atoms with Crippen molar-refractivity contribution in [2.24, 2.45) is 0 Å². The Hall–Kier alpha value is -2.67. The van der Waals surface area contributed by atoms with Gasteiger partial charge in [-0.25, -0.2) is 0 Å². The molecule has 0 radical (unpaired) electrons. The van der Waals surface area contributed by atoms with Gasteiger partial charge in [0.15, 0.2) is 5.11 Å². The zero-order valence-electron chi connectivity index (χ0n) is 17.0. The number of hydrogen-bond donors (Lipinski definition) is 2. The second-order valence-electron chi connectivity index (χ2n) is 7.06. The van der Waals surface area contributed by atoms with Gasteiger partial charge in [-0.05, 0) is 63.5 Å². The Morgan fingerprint density at radius 2 is 1.86 bits per heavy atom. The second kappa shape index (κ2) is 9.01. The largest absolute Gasteiger partial charge is 0.362 e. The summed E-state index contributed by atoms with van der Waals surface area (Å²) in [5, 5.41) is 16.2. The first kappa shape index (κ1) is 20.1. The van der Waals surface area contributed by atoms with Gasteiger partial charge in [-0.15, -0.1) is 0 Å². The van der Waals surface area contributed by atoms with Crippen LogP contribution in [0.2, 0.25) is 0 Å². The molecule has 0 saturated carbocycles. The summed E-state index contributed by atoms with van der Waals surface area (Å²) in [5.74, 6) is 0. The fraction of sp³-hybridized carbons (Fsp3) is 0.381. The van der Waals surface area contributed by atoms with Gasteiger partial charge in [0.1, 0.15) is 0 Å². The maximum atomic E-state index is 5.47. The normalized spacial score (nSPS) is 10.9. The number of thiocarbonyl (C=S) groups is 1. The number of benzene rings is 1. The Kier molecular flexibility index (Phi) is 6.46. The molecule has 6 nitrogen and oxygen atoms in total. The van der Waals surface area contributed by atoms with E-state index < -0.39 is 0 Å². The molecule has 7 heteroatoms. The van der Waals surface area contributed by atoms with E-state index >= 15 is 0 Å². The standard InChI is InChI=1S/C21H28N6S/c1-15-8-5-6-9-19(15)14-27-18(4)20(17(3)25-27)24-21(28)22-11-7-13-26-16(2)10-12-23-26/h5-6,8-10,12H,7,11,13-14H2,1-4H3,(H2,22,24,28). The Bertz CT molecular complexity index is 956. The van der Waals surface area contributed by atoms with E-state index in [1.165, 1.54) is 16.8 Å². The third-order valence-corrected chi connectivity index (χ3v) is 5.21. The number of anilines is 1. The van der Waals surface area contributed by atoms with Crippen LogP contribution in [0.4, 0.5) is 5.69 Å². The number of hydrogen-bond acceptors (Lipinski definition) is 3. The Labute approximate surface area is 172 Å². The van der Waals surface area contributed by atoms with E-state index in [-0.39, 0.29) is 0 Å². The SMILES string of the molecule is Cc1ccccc1Cn1nc(C)c(NC(=S)NCCCn2nccc2C)c1C. The van der Waals surface area contributed by atoms with Crippen LogP contribution in [-0.4, -0.2) is 31.2 Å². The predicted octanol–water partition coefficient (Wildman–Crippen LogP) is 3.74. The monoisotopic (exact) mass is 396 g/mol. The minimum atomic E-state index is 0.624. The van der Waals surface area contributed by atoms with E-state index in [0.29, 0.717) is 5.11 Å². The minimum Gasteiger partial charge on any atom is -0.362 e. The molecule has 0 spiro atoms. The number of aromatic nitrogens is 4. The molecule has 2 aromatic heterocycles. The van der Waals surface area contributed by atoms with Gasteiger partial charge in [0.25, 0.3) is 0 Å². The Morgan fingerprint density at radius 1 is 1.07 bits per heavy atom. The van der Waals surface area contributed by atoms with E-state index in [0.717, 1.165) is 43.1 Å². The summed E-state index contributed by atoms with van der Waals surface area (Å²) in [7, 11) is 0. The molecule has 3 rings (SSSR count). The van der Waals surface area contributed by atoms with Gasteiger partial charge < -0.3 is 10.6 Å². The summed E-state index contributed by atoms with van der Waals surface area (Å²) in [6.07, 6.45) is 2.78. The van der Waals surface area contributed by atoms with Crippen molar-refractivity contribution in [3.05, 3.63) is 64.7 Å². The third kappa shape index (κ3) is 4.78. The number of nitrogens with zero attached hydrogens (tertiary/aromatic N) is 4. The van der Waals surface area contributed by atoms with E-state index in [1.807, 2.05) is 28.6 Å². The molecule has 0 aliphatic carbocycles. The van der Waals surface area contributed by atoms with Gasteiger partial charge in [-0.1, -0.05) is 24.3 Å². The molecule has 3 aromatic rings. The van der Waals surface area contributed by atoms with Gasteiger partial charge in [0, 0.05) is 25.0 Å². The highest BCUT2D eigenvalue weighted by atomic mass is 32.1. The molecule has 1 aromatic carbocycles. The molecule has 148 valence electrons. The van der Waals surface area contributed by atoms with Crippen molar-refractivity contribution in [2.45, 2.75) is 47.2 Å². The molecule has 2 heterocycles. The molecule has 2 N–H and O–H groups in total. The molecule has 0 amide bonds. The molecular formula is C21H28N6S. The molecule has 0 fully saturated rings. The van der Waals surface area contributed by atoms with Crippen molar-refractivity contribution in [2.75, 3.05) is 11.9 Å². The molecule has 0 bridgehead atoms. The fourth-order valence-electron chi connectivity index (χ4n) is 3.20. The summed E-state index contributed by atoms with van der Waals surface area (Å²) in [5.41, 5.74) is 6.73. The highest BCUT2D eigenvalue weighted by Crippen LogP contribution is 2.21. The van der Waals surface area contributed by atoms with Crippen LogP contribution in [0.5, 0.6) is 0 Å². The lowest BCUT2D eigenvalue weighted by atomic mass is 10.1. The van der Waals surface area contributed by atoms with Gasteiger partial charge in [-0.3, -0.25) is 9.36 Å². The van der Waals surface area contributed by atoms with Crippen molar-refractivity contribution in [1.82, 2.24) is 24.9 Å². The number of aryl methyl sites for hydroxylation is 4. The van der Waals surface area contributed by atoms with Crippen molar-refractivity contribution in [1.29, 1.82) is 0 Å². The Morgan fingerprint density at radius 3 is 2.57 bits per heavy atom. The number of rotatable bonds is 7. The fourth-order valence-corrected chi connectivity index (χ4v) is 3.41. The Balaban J connectivity index is 1.55. The van der Waals surface area contributed by atoms with Crippen LogP contribution in [0.1, 0.15) is 34.6 Å². The summed E-state index contributed by atoms with van der Waals surface area (Å²) >= 11 is 5.47. The lowest BCUT2D eigenvalue weighted by Gasteiger charge is -2.12. The molecule has 0 aliphatic heterocycles. The lowest BCUT2D eigenvalue weighted by Crippen LogP contribution is -2.30. The number of nitrogens with one attached hydrogen (secondary N) is 2. The first-order chi connectivity index (χ1) is 13.5. The second-order valence-corrected chi connectivity index (χ2v) is 7.47. The average Bonchev–Trinajstić information content (AvgIpc) is 3.19. The van der Waals surface area contributed by atoms with Crippen LogP contribution in [0.15, 0.2) is 36.5 Å². The van der Waals surface area contributed by atoms with E-state index in [4.69, 9.17) is 17.3 Å². The van der Waals surface area contributed by atoms with Gasteiger partial charge >= 0.3 is 0 Å². The highest BCUT2D eigenvalue weighted by Gasteiger charge is 2.13. The zero-order valence-corrected chi connectivity index (χ0v) is 17.8. The summed E-state index contributed by atoms with van der Waals surface area (Å²) in [6.45, 7) is 10.7. The van der Waals surface area contributed by atoms with Crippen molar-refractivity contribution in [3.63, 3.8) is 0 Å². The first-order valence-corrected chi connectivity index (χ1v) is 9.98. The first-order valence-electron chi connectivity index (χ1n) is 9.57. The summed E-state index contributed by atoms with van der Waals surface area (Å²) in [6, 6.07) is 10.4. The smallest absolute Gasteiger partial charge is 0.170 e. The van der Waals surface area contributed by atoms with E-state index in [2.05, 4.69) is 60.8 Å². The molecule has 0 aliphatic rings. The zero-order chi connectivity index (χ0) is 20.1. The van der Waals surface area contributed by atoms with Crippen LogP contribution in [0, 0.1) is 27.7 Å². The van der Waals surface area contributed by atoms with Crippen LogP contribution in [-0.2, 0) is 13.1 Å². The quantitative estimate of drug-likeness (QED) is 0.471. The topological polar surface area (TPSA) is 59.7 Å². The third-order valence-electron chi connectivity index (χ3n) is 4.96. The highest BCUT2D eigenvalue weighted by molar-refractivity contribution is 7.80. The van der Waals surface area contributed by atoms with Gasteiger partial charge in [-0.2, -0.15) is 10.2 Å². The lowest BCUT2D eigenvalue weighted by molar-refractivity contribution is 0.561. The van der Waals surface area contributed by atoms with Crippen molar-refractivity contribution < 1.29 is 0 Å². The maximum absolute atomic E-state index is 5.47. The molecule has 0 saturated heterocycles. The van der Waals surface area contributed by atoms with Crippen LogP contribution >= 0.6 is 12.2 Å². The van der Waals surface area contributed by atoms with Crippen LogP contribution in [0.25, 0.3) is 0 Å². The maximum Gasteiger partial charge on any atom is 0.170 e. The van der Waals surface area contributed by atoms with E-state index in [9.17, 15) is 0 Å². The summed E-state index contributed by atoms with van der Waals surface area (Å²) in [4.78, 5) is 0. The van der Waals surface area contributed by atoms with Gasteiger partial charge in [0.2, 0.25) is 0 Å². The van der Waals surface area contributed by atoms with Crippen LogP contribution < -0.4 is 10.6 Å². The van der Waals surface area contributed by atoms with Crippen LogP contribution in [0.3, 0.4) is 0 Å². The predicted molar refractivity (Wildman–Crippen MR) is 118 cm³/mol. The van der Waals surface area contributed by atoms with Gasteiger partial charge in [0.05, 0.1) is 23.6 Å². The summed E-state index contributed by atoms with van der Waals surface area (Å²) < 4.78 is 4.03. The molecular weight excluding hydrogens is 368 g/mol. The molecule has 28 heavy (non-hydrogen) atoms. The molecule has 0 atom stereocenters.